The van der Waals surface area contributed by atoms with Crippen molar-refractivity contribution in [3.63, 3.8) is 0 Å². The van der Waals surface area contributed by atoms with Crippen LogP contribution in [0.4, 0.5) is 0 Å². The van der Waals surface area contributed by atoms with Crippen molar-refractivity contribution in [3.05, 3.63) is 36.5 Å². The van der Waals surface area contributed by atoms with Crippen LogP contribution in [-0.4, -0.2) is 47.4 Å². The summed E-state index contributed by atoms with van der Waals surface area (Å²) in [6, 6.07) is -0.627. The van der Waals surface area contributed by atoms with E-state index in [1.54, 1.807) is 6.08 Å². The van der Waals surface area contributed by atoms with Gasteiger partial charge in [0.25, 0.3) is 0 Å². The summed E-state index contributed by atoms with van der Waals surface area (Å²) >= 11 is 0. The van der Waals surface area contributed by atoms with E-state index in [2.05, 4.69) is 43.5 Å². The number of esters is 1. The number of nitrogens with one attached hydrogen (secondary N) is 1. The highest BCUT2D eigenvalue weighted by Gasteiger charge is 2.18. The number of hydrogen-bond acceptors (Lipinski definition) is 5. The van der Waals surface area contributed by atoms with Crippen molar-refractivity contribution >= 4 is 11.9 Å². The van der Waals surface area contributed by atoms with Gasteiger partial charge in [0, 0.05) is 12.8 Å². The minimum atomic E-state index is -0.843. The van der Waals surface area contributed by atoms with Gasteiger partial charge in [-0.1, -0.05) is 275 Å². The number of aliphatic hydroxyl groups is 2. The van der Waals surface area contributed by atoms with E-state index >= 15 is 0 Å². The highest BCUT2D eigenvalue weighted by atomic mass is 16.5. The van der Waals surface area contributed by atoms with Gasteiger partial charge in [0.2, 0.25) is 5.91 Å². The number of carbonyl (C=O) groups excluding carboxylic acids is 2. The molecule has 0 aromatic rings. The standard InChI is InChI=1S/C64H121NO5/c1-3-5-7-9-11-13-15-16-30-34-38-42-46-50-54-58-64(69)70-59-55-51-47-43-39-35-32-29-27-25-23-21-19-17-18-20-22-24-26-28-31-33-37-41-45-49-53-57-63(68)65-61(60-66)62(67)56-52-48-44-40-36-14-12-10-8-6-4-2/h16-18,30,52,56,61-62,66-67H,3-15,19-29,31-51,53-55,57-60H2,1-2H3,(H,65,68)/b18-17-,30-16-,56-52+. The molecule has 0 saturated carbocycles. The van der Waals surface area contributed by atoms with Crippen molar-refractivity contribution in [1.82, 2.24) is 5.32 Å². The summed E-state index contributed by atoms with van der Waals surface area (Å²) in [6.07, 6.45) is 74.8. The maximum absolute atomic E-state index is 12.4. The molecule has 6 heteroatoms. The minimum Gasteiger partial charge on any atom is -0.466 e. The third-order valence-corrected chi connectivity index (χ3v) is 14.4. The molecule has 0 aliphatic rings. The third kappa shape index (κ3) is 55.4. The molecular weight excluding hydrogens is 863 g/mol. The number of allylic oxidation sites excluding steroid dienone is 5. The first-order valence-corrected chi connectivity index (χ1v) is 31.3. The van der Waals surface area contributed by atoms with Crippen LogP contribution in [0.2, 0.25) is 0 Å². The first-order chi connectivity index (χ1) is 34.5. The molecule has 0 aliphatic carbocycles. The second-order valence-electron chi connectivity index (χ2n) is 21.4. The van der Waals surface area contributed by atoms with Crippen LogP contribution in [0.3, 0.4) is 0 Å². The highest BCUT2D eigenvalue weighted by Crippen LogP contribution is 2.17. The molecule has 0 aliphatic heterocycles. The zero-order valence-corrected chi connectivity index (χ0v) is 47.0. The minimum absolute atomic E-state index is 0.00666. The molecule has 0 saturated heterocycles. The summed E-state index contributed by atoms with van der Waals surface area (Å²) in [5.74, 6) is -0.0630. The summed E-state index contributed by atoms with van der Waals surface area (Å²) in [7, 11) is 0. The first kappa shape index (κ1) is 68.1. The average molecular weight is 985 g/mol. The van der Waals surface area contributed by atoms with Gasteiger partial charge in [0.1, 0.15) is 0 Å². The van der Waals surface area contributed by atoms with E-state index in [9.17, 15) is 19.8 Å². The Labute approximate surface area is 436 Å². The molecule has 70 heavy (non-hydrogen) atoms. The molecule has 0 fully saturated rings. The number of carbonyl (C=O) groups is 2. The molecule has 0 radical (unpaired) electrons. The van der Waals surface area contributed by atoms with Crippen LogP contribution in [0.5, 0.6) is 0 Å². The maximum Gasteiger partial charge on any atom is 0.305 e. The van der Waals surface area contributed by atoms with Crippen LogP contribution in [0.1, 0.15) is 335 Å². The van der Waals surface area contributed by atoms with E-state index < -0.39 is 12.1 Å². The smallest absolute Gasteiger partial charge is 0.305 e. The van der Waals surface area contributed by atoms with Crippen molar-refractivity contribution in [2.45, 2.75) is 347 Å². The van der Waals surface area contributed by atoms with Crippen LogP contribution < -0.4 is 5.32 Å². The predicted octanol–water partition coefficient (Wildman–Crippen LogP) is 19.6. The van der Waals surface area contributed by atoms with Crippen LogP contribution in [-0.2, 0) is 14.3 Å². The van der Waals surface area contributed by atoms with Gasteiger partial charge >= 0.3 is 5.97 Å². The van der Waals surface area contributed by atoms with Crippen LogP contribution in [0, 0.1) is 0 Å². The Morgan fingerprint density at radius 3 is 1.01 bits per heavy atom. The summed E-state index contributed by atoms with van der Waals surface area (Å²) in [5.41, 5.74) is 0. The van der Waals surface area contributed by atoms with E-state index in [0.717, 1.165) is 44.9 Å². The molecule has 2 unspecified atom stereocenters. The van der Waals surface area contributed by atoms with Crippen LogP contribution >= 0.6 is 0 Å². The van der Waals surface area contributed by atoms with Gasteiger partial charge in [-0.3, -0.25) is 9.59 Å². The topological polar surface area (TPSA) is 95.9 Å². The normalized spacial score (nSPS) is 12.8. The molecule has 0 heterocycles. The van der Waals surface area contributed by atoms with Crippen molar-refractivity contribution in [3.8, 4) is 0 Å². The fourth-order valence-corrected chi connectivity index (χ4v) is 9.57. The fourth-order valence-electron chi connectivity index (χ4n) is 9.57. The molecule has 1 amide bonds. The van der Waals surface area contributed by atoms with E-state index in [4.69, 9.17) is 4.74 Å². The van der Waals surface area contributed by atoms with Gasteiger partial charge in [-0.2, -0.15) is 0 Å². The highest BCUT2D eigenvalue weighted by molar-refractivity contribution is 5.76. The molecule has 0 rings (SSSR count). The summed E-state index contributed by atoms with van der Waals surface area (Å²) in [5, 5.41) is 23.0. The van der Waals surface area contributed by atoms with Gasteiger partial charge in [-0.15, -0.1) is 0 Å². The van der Waals surface area contributed by atoms with E-state index in [-0.39, 0.29) is 18.5 Å². The molecule has 0 aromatic heterocycles. The van der Waals surface area contributed by atoms with E-state index in [0.29, 0.717) is 19.4 Å². The fraction of sp³-hybridized carbons (Fsp3) is 0.875. The lowest BCUT2D eigenvalue weighted by Gasteiger charge is -2.20. The van der Waals surface area contributed by atoms with Crippen LogP contribution in [0.15, 0.2) is 36.5 Å². The Balaban J connectivity index is 3.38. The molecule has 0 spiro atoms. The second kappa shape index (κ2) is 59.6. The monoisotopic (exact) mass is 984 g/mol. The van der Waals surface area contributed by atoms with E-state index in [1.807, 2.05) is 6.08 Å². The number of hydrogen-bond donors (Lipinski definition) is 3. The van der Waals surface area contributed by atoms with Crippen LogP contribution in [0.25, 0.3) is 0 Å². The van der Waals surface area contributed by atoms with Gasteiger partial charge in [0.05, 0.1) is 25.4 Å². The Bertz CT molecular complexity index is 1130. The number of aliphatic hydroxyl groups excluding tert-OH is 2. The van der Waals surface area contributed by atoms with Gasteiger partial charge in [-0.25, -0.2) is 0 Å². The molecule has 2 atom stereocenters. The number of rotatable bonds is 58. The van der Waals surface area contributed by atoms with Gasteiger partial charge in [-0.05, 0) is 83.5 Å². The summed E-state index contributed by atoms with van der Waals surface area (Å²) in [4.78, 5) is 24.5. The number of amides is 1. The first-order valence-electron chi connectivity index (χ1n) is 31.3. The lowest BCUT2D eigenvalue weighted by Crippen LogP contribution is -2.45. The zero-order chi connectivity index (χ0) is 50.7. The van der Waals surface area contributed by atoms with E-state index in [1.165, 1.54) is 263 Å². The lowest BCUT2D eigenvalue weighted by atomic mass is 10.0. The molecule has 3 N–H and O–H groups in total. The number of unbranched alkanes of at least 4 members (excludes halogenated alkanes) is 43. The molecule has 0 bridgehead atoms. The van der Waals surface area contributed by atoms with Crippen molar-refractivity contribution in [2.75, 3.05) is 13.2 Å². The molecular formula is C64H121NO5. The Morgan fingerprint density at radius 1 is 0.386 bits per heavy atom. The Hall–Kier alpha value is -1.92. The summed E-state index contributed by atoms with van der Waals surface area (Å²) < 4.78 is 5.48. The SMILES string of the molecule is CCCCCCCC/C=C\CCCCCCCC(=O)OCCCCCCCCCCCCCC/C=C\CCCCCCCCCCCCCC(=O)NC(CO)C(O)/C=C/CCCCCCCCCCC. The number of ether oxygens (including phenoxy) is 1. The molecule has 412 valence electrons. The Kier molecular flexibility index (Phi) is 58.0. The largest absolute Gasteiger partial charge is 0.466 e. The molecule has 6 nitrogen and oxygen atoms in total. The van der Waals surface area contributed by atoms with Crippen molar-refractivity contribution < 1.29 is 24.5 Å². The van der Waals surface area contributed by atoms with Crippen molar-refractivity contribution in [1.29, 1.82) is 0 Å². The second-order valence-corrected chi connectivity index (χ2v) is 21.4. The van der Waals surface area contributed by atoms with Crippen molar-refractivity contribution in [2.24, 2.45) is 0 Å². The lowest BCUT2D eigenvalue weighted by molar-refractivity contribution is -0.143. The average Bonchev–Trinajstić information content (AvgIpc) is 3.36. The third-order valence-electron chi connectivity index (χ3n) is 14.4. The zero-order valence-electron chi connectivity index (χ0n) is 47.0. The quantitative estimate of drug-likeness (QED) is 0.0321. The van der Waals surface area contributed by atoms with Gasteiger partial charge in [0.15, 0.2) is 0 Å². The molecule has 0 aromatic carbocycles. The maximum atomic E-state index is 12.4. The van der Waals surface area contributed by atoms with Gasteiger partial charge < -0.3 is 20.3 Å². The Morgan fingerprint density at radius 2 is 0.671 bits per heavy atom. The summed E-state index contributed by atoms with van der Waals surface area (Å²) in [6.45, 7) is 4.89. The predicted molar refractivity (Wildman–Crippen MR) is 306 cm³/mol.